The van der Waals surface area contributed by atoms with Gasteiger partial charge in [-0.05, 0) is 61.9 Å². The van der Waals surface area contributed by atoms with Crippen LogP contribution in [0.4, 0.5) is 5.69 Å². The van der Waals surface area contributed by atoms with E-state index in [2.05, 4.69) is 15.3 Å². The average molecular weight is 590 g/mol. The van der Waals surface area contributed by atoms with Crippen molar-refractivity contribution in [3.63, 3.8) is 0 Å². The van der Waals surface area contributed by atoms with Crippen LogP contribution in [0, 0.1) is 18.8 Å². The number of aromatic nitrogens is 2. The molecule has 1 aliphatic heterocycles. The molecule has 0 spiro atoms. The van der Waals surface area contributed by atoms with Gasteiger partial charge in [0.15, 0.2) is 0 Å². The van der Waals surface area contributed by atoms with Gasteiger partial charge in [0.05, 0.1) is 22.9 Å². The molecule has 10 nitrogen and oxygen atoms in total. The summed E-state index contributed by atoms with van der Waals surface area (Å²) in [4.78, 5) is 49.8. The number of hydrogen-bond donors (Lipinski definition) is 3. The number of para-hydroxylation sites is 2. The van der Waals surface area contributed by atoms with Crippen LogP contribution < -0.4 is 15.5 Å². The molecule has 44 heavy (non-hydrogen) atoms. The van der Waals surface area contributed by atoms with E-state index in [0.29, 0.717) is 23.6 Å². The fraction of sp³-hybridized carbons (Fsp3) is 0.206. The summed E-state index contributed by atoms with van der Waals surface area (Å²) in [5, 5.41) is 14.2. The number of pyridine rings is 2. The second-order valence-corrected chi connectivity index (χ2v) is 10.9. The lowest BCUT2D eigenvalue weighted by Gasteiger charge is -2.36. The Kier molecular flexibility index (Phi) is 8.16. The van der Waals surface area contributed by atoms with E-state index in [-0.39, 0.29) is 37.0 Å². The number of benzene rings is 3. The Morgan fingerprint density at radius 3 is 2.43 bits per heavy atom. The molecule has 3 heterocycles. The van der Waals surface area contributed by atoms with Gasteiger partial charge in [-0.1, -0.05) is 42.5 Å². The summed E-state index contributed by atoms with van der Waals surface area (Å²) in [7, 11) is 0. The average Bonchev–Trinajstić information content (AvgIpc) is 3.06. The van der Waals surface area contributed by atoms with E-state index in [0.717, 1.165) is 27.5 Å². The highest BCUT2D eigenvalue weighted by molar-refractivity contribution is 5.98. The van der Waals surface area contributed by atoms with Crippen LogP contribution in [0.15, 0.2) is 91.0 Å². The predicted molar refractivity (Wildman–Crippen MR) is 165 cm³/mol. The molecule has 3 N–H and O–H groups in total. The number of piperidine rings is 1. The molecule has 3 amide bonds. The molecule has 0 aliphatic carbocycles. The van der Waals surface area contributed by atoms with Crippen LogP contribution in [0.25, 0.3) is 21.8 Å². The smallest absolute Gasteiger partial charge is 0.272 e. The molecule has 0 saturated carbocycles. The van der Waals surface area contributed by atoms with Crippen molar-refractivity contribution in [1.29, 1.82) is 0 Å². The number of carbonyl (C=O) groups is 3. The van der Waals surface area contributed by atoms with Crippen molar-refractivity contribution in [2.75, 3.05) is 18.4 Å². The molecule has 222 valence electrons. The van der Waals surface area contributed by atoms with Gasteiger partial charge in [-0.3, -0.25) is 24.6 Å². The molecule has 1 aliphatic rings. The summed E-state index contributed by atoms with van der Waals surface area (Å²) < 4.78 is 6.03. The van der Waals surface area contributed by atoms with Gasteiger partial charge in [0.1, 0.15) is 18.1 Å². The quantitative estimate of drug-likeness (QED) is 0.182. The Balaban J connectivity index is 1.10. The van der Waals surface area contributed by atoms with E-state index in [1.807, 2.05) is 67.6 Å². The normalized spacial score (nSPS) is 16.5. The molecular weight excluding hydrogens is 558 g/mol. The van der Waals surface area contributed by atoms with Crippen LogP contribution >= 0.6 is 0 Å². The highest BCUT2D eigenvalue weighted by atomic mass is 16.5. The minimum atomic E-state index is -0.945. The van der Waals surface area contributed by atoms with E-state index < -0.39 is 17.7 Å². The number of fused-ring (bicyclic) bond motifs is 2. The first-order chi connectivity index (χ1) is 21.4. The minimum absolute atomic E-state index is 0.0340. The number of nitrogens with zero attached hydrogens (tertiary/aromatic N) is 3. The first-order valence-corrected chi connectivity index (χ1v) is 14.4. The summed E-state index contributed by atoms with van der Waals surface area (Å²) in [6, 6.07) is 27.9. The minimum Gasteiger partial charge on any atom is -0.489 e. The molecule has 3 aromatic carbocycles. The molecule has 0 unspecified atom stereocenters. The molecule has 1 saturated heterocycles. The zero-order valence-corrected chi connectivity index (χ0v) is 24.1. The van der Waals surface area contributed by atoms with Crippen molar-refractivity contribution in [2.45, 2.75) is 20.0 Å². The van der Waals surface area contributed by atoms with Gasteiger partial charge in [-0.25, -0.2) is 10.5 Å². The highest BCUT2D eigenvalue weighted by Crippen LogP contribution is 2.28. The van der Waals surface area contributed by atoms with Gasteiger partial charge in [0, 0.05) is 40.8 Å². The number of ether oxygens (including phenoxy) is 1. The number of rotatable bonds is 7. The Morgan fingerprint density at radius 2 is 1.64 bits per heavy atom. The molecule has 1 fully saturated rings. The number of hydroxylamine groups is 1. The first-order valence-electron chi connectivity index (χ1n) is 14.4. The second-order valence-electron chi connectivity index (χ2n) is 10.9. The molecule has 2 aromatic heterocycles. The summed E-state index contributed by atoms with van der Waals surface area (Å²) >= 11 is 0. The monoisotopic (exact) mass is 589 g/mol. The van der Waals surface area contributed by atoms with Crippen molar-refractivity contribution >= 4 is 45.2 Å². The first kappa shape index (κ1) is 28.8. The molecule has 0 radical (unpaired) electrons. The van der Waals surface area contributed by atoms with Crippen LogP contribution in [0.5, 0.6) is 5.75 Å². The third kappa shape index (κ3) is 6.06. The Hall–Kier alpha value is -5.35. The summed E-state index contributed by atoms with van der Waals surface area (Å²) in [5.74, 6) is -2.50. The van der Waals surface area contributed by atoms with Crippen LogP contribution in [0.2, 0.25) is 0 Å². The zero-order valence-electron chi connectivity index (χ0n) is 24.1. The Morgan fingerprint density at radius 1 is 0.886 bits per heavy atom. The molecule has 6 rings (SSSR count). The third-order valence-electron chi connectivity index (χ3n) is 7.95. The summed E-state index contributed by atoms with van der Waals surface area (Å²) in [6.07, 6.45) is 0.240. The largest absolute Gasteiger partial charge is 0.489 e. The maximum absolute atomic E-state index is 13.3. The summed E-state index contributed by atoms with van der Waals surface area (Å²) in [6.45, 7) is 2.54. The fourth-order valence-corrected chi connectivity index (χ4v) is 5.69. The van der Waals surface area contributed by atoms with Gasteiger partial charge < -0.3 is 15.0 Å². The molecule has 5 aromatic rings. The lowest BCUT2D eigenvalue weighted by Crippen LogP contribution is -2.52. The summed E-state index contributed by atoms with van der Waals surface area (Å²) in [5.41, 5.74) is 6.00. The van der Waals surface area contributed by atoms with Crippen LogP contribution in [-0.2, 0) is 16.2 Å². The molecule has 2 atom stereocenters. The lowest BCUT2D eigenvalue weighted by molar-refractivity contribution is -0.141. The number of hydrogen-bond acceptors (Lipinski definition) is 7. The van der Waals surface area contributed by atoms with E-state index >= 15 is 0 Å². The van der Waals surface area contributed by atoms with Gasteiger partial charge in [0.25, 0.3) is 5.91 Å². The highest BCUT2D eigenvalue weighted by Gasteiger charge is 2.40. The van der Waals surface area contributed by atoms with Crippen LogP contribution in [-0.4, -0.2) is 50.9 Å². The number of carbonyl (C=O) groups excluding carboxylic acids is 3. The Bertz CT molecular complexity index is 1860. The van der Waals surface area contributed by atoms with Crippen molar-refractivity contribution < 1.29 is 24.3 Å². The molecular formula is C34H31N5O5. The van der Waals surface area contributed by atoms with E-state index in [4.69, 9.17) is 4.74 Å². The second kappa shape index (κ2) is 12.5. The number of amides is 3. The molecule has 0 bridgehead atoms. The van der Waals surface area contributed by atoms with Gasteiger partial charge in [-0.2, -0.15) is 0 Å². The fourth-order valence-electron chi connectivity index (χ4n) is 5.69. The predicted octanol–water partition coefficient (Wildman–Crippen LogP) is 4.89. The number of likely N-dealkylation sites (tertiary alicyclic amines) is 1. The number of aryl methyl sites for hydroxylation is 1. The van der Waals surface area contributed by atoms with E-state index in [1.165, 1.54) is 4.90 Å². The van der Waals surface area contributed by atoms with Gasteiger partial charge >= 0.3 is 0 Å². The maximum atomic E-state index is 13.3. The van der Waals surface area contributed by atoms with Crippen molar-refractivity contribution in [3.8, 4) is 5.75 Å². The van der Waals surface area contributed by atoms with Gasteiger partial charge in [-0.15, -0.1) is 0 Å². The van der Waals surface area contributed by atoms with Gasteiger partial charge in [0.2, 0.25) is 11.8 Å². The topological polar surface area (TPSA) is 134 Å². The molecule has 10 heteroatoms. The number of anilines is 1. The zero-order chi connectivity index (χ0) is 30.6. The van der Waals surface area contributed by atoms with Crippen molar-refractivity contribution in [3.05, 3.63) is 108 Å². The van der Waals surface area contributed by atoms with Crippen LogP contribution in [0.3, 0.4) is 0 Å². The van der Waals surface area contributed by atoms with Crippen molar-refractivity contribution in [1.82, 2.24) is 20.3 Å². The Labute approximate surface area is 253 Å². The standard InChI is InChI=1S/C34H31N5O5/c1-21-18-23(26-7-3-5-9-30(26)35-21)20-44-25-13-11-24(12-14-25)36-32(40)27-16-17-39(19-28(27)33(41)38-43)34(42)31-15-10-22-6-2-4-8-29(22)37-31/h2-15,18,27-28,43H,16-17,19-20H2,1H3,(H,36,40)(H,38,41)/t27-,28-/m0/s1. The van der Waals surface area contributed by atoms with E-state index in [9.17, 15) is 19.6 Å². The van der Waals surface area contributed by atoms with E-state index in [1.54, 1.807) is 35.8 Å². The van der Waals surface area contributed by atoms with Crippen molar-refractivity contribution in [2.24, 2.45) is 11.8 Å². The maximum Gasteiger partial charge on any atom is 0.272 e. The lowest BCUT2D eigenvalue weighted by atomic mass is 9.84. The third-order valence-corrected chi connectivity index (χ3v) is 7.95. The number of nitrogens with one attached hydrogen (secondary N) is 2. The van der Waals surface area contributed by atoms with Crippen LogP contribution in [0.1, 0.15) is 28.2 Å². The SMILES string of the molecule is Cc1cc(COc2ccc(NC(=O)[C@H]3CCN(C(=O)c4ccc5ccccc5n4)C[C@@H]3C(=O)NO)cc2)c2ccccc2n1.